The fourth-order valence-corrected chi connectivity index (χ4v) is 3.05. The number of hydrogen-bond donors (Lipinski definition) is 1. The van der Waals surface area contributed by atoms with Crippen LogP contribution in [0.25, 0.3) is 32.7 Å². The van der Waals surface area contributed by atoms with Crippen molar-refractivity contribution in [2.75, 3.05) is 0 Å². The molecule has 4 aromatic rings. The average Bonchev–Trinajstić information content (AvgIpc) is 2.98. The summed E-state index contributed by atoms with van der Waals surface area (Å²) < 4.78 is 12.1. The zero-order valence-electron chi connectivity index (χ0n) is 15.5. The first-order valence-corrected chi connectivity index (χ1v) is 8.82. The minimum Gasteiger partial charge on any atom is -0.455 e. The van der Waals surface area contributed by atoms with Crippen molar-refractivity contribution in [1.82, 2.24) is 4.98 Å². The van der Waals surface area contributed by atoms with E-state index >= 15 is 0 Å². The molecule has 1 N–H and O–H groups in total. The highest BCUT2D eigenvalue weighted by atomic mass is 16.5. The van der Waals surface area contributed by atoms with Gasteiger partial charge in [-0.3, -0.25) is 4.98 Å². The van der Waals surface area contributed by atoms with Gasteiger partial charge in [-0.05, 0) is 50.6 Å². The lowest BCUT2D eigenvalue weighted by Gasteiger charge is -2.37. The molecule has 26 heavy (non-hydrogen) atoms. The fraction of sp³-hybridized carbons (Fsp3) is 0.286. The van der Waals surface area contributed by atoms with Gasteiger partial charge in [0.1, 0.15) is 11.2 Å². The normalized spacial score (nSPS) is 13.0. The maximum Gasteiger partial charge on any atom is 0.334 e. The standard InChI is InChI=1S/C21H22BNO3/c1-20(2,24)21(3,4)26-22-19-18-15(11-12-23-19)17-14-8-6-5-7-13(14)9-10-16(17)25-18/h5-12,22,24H,1-4H3. The fourth-order valence-electron chi connectivity index (χ4n) is 3.05. The van der Waals surface area contributed by atoms with Crippen molar-refractivity contribution < 1.29 is 14.2 Å². The number of furan rings is 1. The van der Waals surface area contributed by atoms with Crippen molar-refractivity contribution in [1.29, 1.82) is 0 Å². The van der Waals surface area contributed by atoms with E-state index in [4.69, 9.17) is 9.07 Å². The van der Waals surface area contributed by atoms with Gasteiger partial charge in [-0.25, -0.2) is 0 Å². The predicted molar refractivity (Wildman–Crippen MR) is 107 cm³/mol. The topological polar surface area (TPSA) is 55.5 Å². The highest BCUT2D eigenvalue weighted by Crippen LogP contribution is 2.33. The third-order valence-electron chi connectivity index (χ3n) is 5.39. The zero-order chi connectivity index (χ0) is 18.5. The summed E-state index contributed by atoms with van der Waals surface area (Å²) >= 11 is 0. The second-order valence-corrected chi connectivity index (χ2v) is 7.75. The molecule has 0 saturated heterocycles. The molecule has 0 unspecified atom stereocenters. The van der Waals surface area contributed by atoms with Gasteiger partial charge < -0.3 is 14.2 Å². The summed E-state index contributed by atoms with van der Waals surface area (Å²) in [5.41, 5.74) is 0.640. The Morgan fingerprint density at radius 3 is 2.54 bits per heavy atom. The summed E-state index contributed by atoms with van der Waals surface area (Å²) in [5, 5.41) is 14.8. The molecule has 0 amide bonds. The van der Waals surface area contributed by atoms with E-state index < -0.39 is 11.2 Å². The van der Waals surface area contributed by atoms with E-state index in [1.807, 2.05) is 38.1 Å². The van der Waals surface area contributed by atoms with Gasteiger partial charge in [-0.15, -0.1) is 0 Å². The Balaban J connectivity index is 1.84. The molecule has 5 heteroatoms. The van der Waals surface area contributed by atoms with E-state index in [-0.39, 0.29) is 7.48 Å². The van der Waals surface area contributed by atoms with E-state index in [1.54, 1.807) is 20.0 Å². The second kappa shape index (κ2) is 5.83. The van der Waals surface area contributed by atoms with E-state index in [0.717, 1.165) is 27.5 Å². The maximum atomic E-state index is 10.3. The van der Waals surface area contributed by atoms with Crippen molar-refractivity contribution in [2.24, 2.45) is 0 Å². The van der Waals surface area contributed by atoms with Crippen LogP contribution in [-0.2, 0) is 4.65 Å². The monoisotopic (exact) mass is 347 g/mol. The third-order valence-corrected chi connectivity index (χ3v) is 5.39. The number of nitrogens with zero attached hydrogens (tertiary/aromatic N) is 1. The molecular weight excluding hydrogens is 325 g/mol. The van der Waals surface area contributed by atoms with Crippen molar-refractivity contribution >= 4 is 45.8 Å². The molecule has 0 saturated carbocycles. The van der Waals surface area contributed by atoms with Gasteiger partial charge in [-0.1, -0.05) is 30.3 Å². The number of fused-ring (bicyclic) bond motifs is 5. The lowest BCUT2D eigenvalue weighted by atomic mass is 9.84. The summed E-state index contributed by atoms with van der Waals surface area (Å²) in [6.07, 6.45) is 1.79. The van der Waals surface area contributed by atoms with Gasteiger partial charge in [-0.2, -0.15) is 0 Å². The number of hydrogen-bond acceptors (Lipinski definition) is 4. The maximum absolute atomic E-state index is 10.3. The zero-order valence-corrected chi connectivity index (χ0v) is 15.5. The first-order valence-electron chi connectivity index (χ1n) is 8.82. The molecule has 0 aliphatic carbocycles. The summed E-state index contributed by atoms with van der Waals surface area (Å²) in [5.74, 6) is 0. The molecule has 132 valence electrons. The van der Waals surface area contributed by atoms with Crippen LogP contribution >= 0.6 is 0 Å². The molecule has 0 spiro atoms. The van der Waals surface area contributed by atoms with Crippen LogP contribution in [0, 0.1) is 0 Å². The van der Waals surface area contributed by atoms with E-state index in [0.29, 0.717) is 0 Å². The molecule has 0 aliphatic heterocycles. The molecule has 2 heterocycles. The summed E-state index contributed by atoms with van der Waals surface area (Å²) in [6.45, 7) is 7.24. The van der Waals surface area contributed by atoms with E-state index in [1.165, 1.54) is 10.8 Å². The summed E-state index contributed by atoms with van der Waals surface area (Å²) in [6, 6.07) is 14.3. The first-order chi connectivity index (χ1) is 12.3. The molecule has 0 radical (unpaired) electrons. The molecular formula is C21H22BNO3. The molecule has 0 aliphatic rings. The lowest BCUT2D eigenvalue weighted by molar-refractivity contribution is -0.0893. The number of aliphatic hydroxyl groups is 1. The highest BCUT2D eigenvalue weighted by Gasteiger charge is 2.36. The van der Waals surface area contributed by atoms with Crippen molar-refractivity contribution in [2.45, 2.75) is 38.9 Å². The first kappa shape index (κ1) is 17.1. The Labute approximate surface area is 153 Å². The Bertz CT molecular complexity index is 1110. The Morgan fingerprint density at radius 1 is 1.00 bits per heavy atom. The van der Waals surface area contributed by atoms with Crippen LogP contribution in [0.2, 0.25) is 0 Å². The van der Waals surface area contributed by atoms with E-state index in [2.05, 4.69) is 23.2 Å². The second-order valence-electron chi connectivity index (χ2n) is 7.75. The van der Waals surface area contributed by atoms with Crippen LogP contribution in [0.4, 0.5) is 0 Å². The Morgan fingerprint density at radius 2 is 1.77 bits per heavy atom. The molecule has 0 bridgehead atoms. The van der Waals surface area contributed by atoms with E-state index in [9.17, 15) is 5.11 Å². The minimum atomic E-state index is -0.967. The molecule has 2 aromatic carbocycles. The van der Waals surface area contributed by atoms with Crippen molar-refractivity contribution in [3.63, 3.8) is 0 Å². The largest absolute Gasteiger partial charge is 0.455 e. The summed E-state index contributed by atoms with van der Waals surface area (Å²) in [7, 11) is 0.270. The minimum absolute atomic E-state index is 0.270. The number of benzene rings is 2. The van der Waals surface area contributed by atoms with Gasteiger partial charge >= 0.3 is 7.48 Å². The van der Waals surface area contributed by atoms with Crippen molar-refractivity contribution in [3.05, 3.63) is 48.7 Å². The SMILES string of the molecule is CC(C)(O)C(C)(C)OBc1nccc2c1oc1ccc3ccccc3c12. The molecule has 4 rings (SSSR count). The van der Waals surface area contributed by atoms with Crippen LogP contribution in [0.5, 0.6) is 0 Å². The Kier molecular flexibility index (Phi) is 3.83. The number of aromatic nitrogens is 1. The van der Waals surface area contributed by atoms with Gasteiger partial charge in [0, 0.05) is 17.0 Å². The average molecular weight is 347 g/mol. The molecule has 2 aromatic heterocycles. The van der Waals surface area contributed by atoms with Crippen LogP contribution < -0.4 is 5.59 Å². The molecule has 0 atom stereocenters. The van der Waals surface area contributed by atoms with Gasteiger partial charge in [0.2, 0.25) is 0 Å². The number of pyridine rings is 1. The third kappa shape index (κ3) is 2.68. The van der Waals surface area contributed by atoms with Crippen LogP contribution in [-0.4, -0.2) is 28.8 Å². The molecule has 0 fully saturated rings. The van der Waals surface area contributed by atoms with Crippen LogP contribution in [0.15, 0.2) is 53.1 Å². The lowest BCUT2D eigenvalue weighted by Crippen LogP contribution is -2.49. The predicted octanol–water partition coefficient (Wildman–Crippen LogP) is 3.68. The number of rotatable bonds is 4. The van der Waals surface area contributed by atoms with Gasteiger partial charge in [0.05, 0.1) is 16.8 Å². The summed E-state index contributed by atoms with van der Waals surface area (Å²) in [4.78, 5) is 4.47. The van der Waals surface area contributed by atoms with Gasteiger partial charge in [0.15, 0.2) is 0 Å². The smallest absolute Gasteiger partial charge is 0.334 e. The van der Waals surface area contributed by atoms with Gasteiger partial charge in [0.25, 0.3) is 0 Å². The van der Waals surface area contributed by atoms with Crippen LogP contribution in [0.1, 0.15) is 27.7 Å². The highest BCUT2D eigenvalue weighted by molar-refractivity contribution is 6.50. The van der Waals surface area contributed by atoms with Crippen LogP contribution in [0.3, 0.4) is 0 Å². The van der Waals surface area contributed by atoms with Crippen molar-refractivity contribution in [3.8, 4) is 0 Å². The molecule has 4 nitrogen and oxygen atoms in total. The Hall–Kier alpha value is -2.37. The quantitative estimate of drug-likeness (QED) is 0.572.